The fourth-order valence-corrected chi connectivity index (χ4v) is 3.14. The first-order chi connectivity index (χ1) is 12.2. The summed E-state index contributed by atoms with van der Waals surface area (Å²) >= 11 is 0. The number of nitrogens with two attached hydrogens (primary N) is 1. The molecule has 0 aliphatic heterocycles. The molecule has 1 fully saturated rings. The third-order valence-corrected chi connectivity index (χ3v) is 4.74. The summed E-state index contributed by atoms with van der Waals surface area (Å²) < 4.78 is 11.0. The topological polar surface area (TPSA) is 64.8 Å². The van der Waals surface area contributed by atoms with E-state index in [4.69, 9.17) is 15.2 Å². The standard InChI is InChI=1S/C20H24N2O3/c1-24-19(23)22(13-16-8-4-2-5-9-16)20(15-21)12-18(20)25-14-17-10-6-3-7-11-17/h2-11,18H,12-15,21H2,1H3/t18-,20-/m1/s1. The van der Waals surface area contributed by atoms with Crippen molar-refractivity contribution in [3.8, 4) is 0 Å². The van der Waals surface area contributed by atoms with Crippen LogP contribution < -0.4 is 5.73 Å². The average molecular weight is 340 g/mol. The Hall–Kier alpha value is -2.37. The van der Waals surface area contributed by atoms with Crippen molar-refractivity contribution in [1.82, 2.24) is 4.90 Å². The third kappa shape index (κ3) is 3.83. The van der Waals surface area contributed by atoms with E-state index >= 15 is 0 Å². The molecule has 1 amide bonds. The normalized spacial score (nSPS) is 21.6. The lowest BCUT2D eigenvalue weighted by atomic mass is 10.1. The van der Waals surface area contributed by atoms with Gasteiger partial charge in [-0.3, -0.25) is 4.90 Å². The lowest BCUT2D eigenvalue weighted by Crippen LogP contribution is -2.49. The van der Waals surface area contributed by atoms with Crippen molar-refractivity contribution < 1.29 is 14.3 Å². The molecule has 0 bridgehead atoms. The SMILES string of the molecule is COC(=O)N(Cc1ccccc1)[C@@]1(CN)C[C@H]1OCc1ccccc1. The highest BCUT2D eigenvalue weighted by Crippen LogP contribution is 2.45. The number of amides is 1. The zero-order chi connectivity index (χ0) is 17.7. The van der Waals surface area contributed by atoms with Crippen LogP contribution in [0.15, 0.2) is 60.7 Å². The molecule has 3 rings (SSSR count). The van der Waals surface area contributed by atoms with Crippen molar-refractivity contribution in [3.63, 3.8) is 0 Å². The van der Waals surface area contributed by atoms with Gasteiger partial charge in [-0.05, 0) is 11.1 Å². The molecule has 0 saturated heterocycles. The van der Waals surface area contributed by atoms with Crippen LogP contribution in [-0.4, -0.2) is 36.3 Å². The molecule has 1 saturated carbocycles. The first kappa shape index (κ1) is 17.5. The second-order valence-corrected chi connectivity index (χ2v) is 6.34. The third-order valence-electron chi connectivity index (χ3n) is 4.74. The van der Waals surface area contributed by atoms with E-state index in [2.05, 4.69) is 0 Å². The Kier molecular flexibility index (Phi) is 5.36. The van der Waals surface area contributed by atoms with E-state index in [0.717, 1.165) is 17.5 Å². The monoisotopic (exact) mass is 340 g/mol. The van der Waals surface area contributed by atoms with Crippen LogP contribution in [0, 0.1) is 0 Å². The van der Waals surface area contributed by atoms with Crippen LogP contribution in [-0.2, 0) is 22.6 Å². The number of carbonyl (C=O) groups is 1. The zero-order valence-electron chi connectivity index (χ0n) is 14.4. The molecule has 1 aliphatic rings. The summed E-state index contributed by atoms with van der Waals surface area (Å²) in [5.41, 5.74) is 7.68. The molecule has 0 spiro atoms. The Balaban J connectivity index is 1.71. The minimum absolute atomic E-state index is 0.0829. The predicted octanol–water partition coefficient (Wildman–Crippen LogP) is 2.94. The van der Waals surface area contributed by atoms with Gasteiger partial charge in [0.15, 0.2) is 0 Å². The van der Waals surface area contributed by atoms with Crippen molar-refractivity contribution in [1.29, 1.82) is 0 Å². The van der Waals surface area contributed by atoms with Crippen molar-refractivity contribution in [2.45, 2.75) is 31.2 Å². The summed E-state index contributed by atoms with van der Waals surface area (Å²) in [6.07, 6.45) is 0.263. The van der Waals surface area contributed by atoms with Gasteiger partial charge in [-0.2, -0.15) is 0 Å². The van der Waals surface area contributed by atoms with E-state index in [1.165, 1.54) is 7.11 Å². The molecule has 2 aromatic rings. The first-order valence-corrected chi connectivity index (χ1v) is 8.45. The minimum Gasteiger partial charge on any atom is -0.453 e. The number of nitrogens with zero attached hydrogens (tertiary/aromatic N) is 1. The van der Waals surface area contributed by atoms with Crippen molar-refractivity contribution in [2.75, 3.05) is 13.7 Å². The molecule has 0 heterocycles. The fourth-order valence-electron chi connectivity index (χ4n) is 3.14. The number of ether oxygens (including phenoxy) is 2. The predicted molar refractivity (Wildman–Crippen MR) is 95.8 cm³/mol. The number of rotatable bonds is 7. The smallest absolute Gasteiger partial charge is 0.410 e. The maximum absolute atomic E-state index is 12.4. The van der Waals surface area contributed by atoms with Gasteiger partial charge >= 0.3 is 6.09 Å². The largest absolute Gasteiger partial charge is 0.453 e. The lowest BCUT2D eigenvalue weighted by Gasteiger charge is -2.31. The number of hydrogen-bond acceptors (Lipinski definition) is 4. The van der Waals surface area contributed by atoms with Crippen LogP contribution in [0.1, 0.15) is 17.5 Å². The minimum atomic E-state index is -0.502. The number of hydrogen-bond donors (Lipinski definition) is 1. The van der Waals surface area contributed by atoms with Gasteiger partial charge in [0, 0.05) is 19.5 Å². The quantitative estimate of drug-likeness (QED) is 0.842. The van der Waals surface area contributed by atoms with Crippen LogP contribution in [0.3, 0.4) is 0 Å². The maximum atomic E-state index is 12.4. The summed E-state index contributed by atoms with van der Waals surface area (Å²) in [6.45, 7) is 1.30. The summed E-state index contributed by atoms with van der Waals surface area (Å²) in [7, 11) is 1.40. The molecule has 2 N–H and O–H groups in total. The van der Waals surface area contributed by atoms with Gasteiger partial charge in [-0.25, -0.2) is 4.79 Å². The Morgan fingerprint density at radius 1 is 1.12 bits per heavy atom. The second-order valence-electron chi connectivity index (χ2n) is 6.34. The average Bonchev–Trinajstić information content (AvgIpc) is 3.40. The molecule has 1 aliphatic carbocycles. The van der Waals surface area contributed by atoms with Crippen LogP contribution >= 0.6 is 0 Å². The van der Waals surface area contributed by atoms with E-state index in [1.807, 2.05) is 60.7 Å². The van der Waals surface area contributed by atoms with Crippen molar-refractivity contribution >= 4 is 6.09 Å². The summed E-state index contributed by atoms with van der Waals surface area (Å²) in [5, 5.41) is 0. The highest BCUT2D eigenvalue weighted by Gasteiger charge is 2.60. The van der Waals surface area contributed by atoms with E-state index in [9.17, 15) is 4.79 Å². The maximum Gasteiger partial charge on any atom is 0.410 e. The van der Waals surface area contributed by atoms with Gasteiger partial charge in [0.2, 0.25) is 0 Å². The van der Waals surface area contributed by atoms with Gasteiger partial charge in [0.05, 0.1) is 25.4 Å². The van der Waals surface area contributed by atoms with Crippen LogP contribution in [0.4, 0.5) is 4.79 Å². The molecule has 132 valence electrons. The Morgan fingerprint density at radius 2 is 1.72 bits per heavy atom. The molecule has 0 aromatic heterocycles. The van der Waals surface area contributed by atoms with Gasteiger partial charge < -0.3 is 15.2 Å². The first-order valence-electron chi connectivity index (χ1n) is 8.45. The van der Waals surface area contributed by atoms with E-state index in [0.29, 0.717) is 19.7 Å². The number of methoxy groups -OCH3 is 1. The summed E-state index contributed by atoms with van der Waals surface area (Å²) in [6, 6.07) is 19.8. The van der Waals surface area contributed by atoms with Crippen LogP contribution in [0.2, 0.25) is 0 Å². The van der Waals surface area contributed by atoms with Crippen LogP contribution in [0.5, 0.6) is 0 Å². The van der Waals surface area contributed by atoms with Gasteiger partial charge in [-0.1, -0.05) is 60.7 Å². The molecule has 2 aromatic carbocycles. The van der Waals surface area contributed by atoms with Gasteiger partial charge in [0.1, 0.15) is 0 Å². The van der Waals surface area contributed by atoms with E-state index in [-0.39, 0.29) is 12.2 Å². The zero-order valence-corrected chi connectivity index (χ0v) is 14.4. The van der Waals surface area contributed by atoms with Crippen LogP contribution in [0.25, 0.3) is 0 Å². The Labute approximate surface area is 148 Å². The fraction of sp³-hybridized carbons (Fsp3) is 0.350. The van der Waals surface area contributed by atoms with E-state index in [1.54, 1.807) is 4.90 Å². The van der Waals surface area contributed by atoms with Gasteiger partial charge in [-0.15, -0.1) is 0 Å². The number of carbonyl (C=O) groups excluding carboxylic acids is 1. The highest BCUT2D eigenvalue weighted by atomic mass is 16.5. The Bertz CT molecular complexity index is 693. The Morgan fingerprint density at radius 3 is 2.28 bits per heavy atom. The number of benzene rings is 2. The summed E-state index contributed by atoms with van der Waals surface area (Å²) in [5.74, 6) is 0. The molecule has 2 atom stereocenters. The van der Waals surface area contributed by atoms with Crippen molar-refractivity contribution in [2.24, 2.45) is 5.73 Å². The molecule has 0 unspecified atom stereocenters. The molecular weight excluding hydrogens is 316 g/mol. The lowest BCUT2D eigenvalue weighted by molar-refractivity contribution is 0.0408. The van der Waals surface area contributed by atoms with Crippen molar-refractivity contribution in [3.05, 3.63) is 71.8 Å². The highest BCUT2D eigenvalue weighted by molar-refractivity contribution is 5.69. The summed E-state index contributed by atoms with van der Waals surface area (Å²) in [4.78, 5) is 14.1. The molecule has 25 heavy (non-hydrogen) atoms. The molecule has 5 heteroatoms. The molecule has 5 nitrogen and oxygen atoms in total. The molecular formula is C20H24N2O3. The second kappa shape index (κ2) is 7.68. The molecule has 0 radical (unpaired) electrons. The van der Waals surface area contributed by atoms with Gasteiger partial charge in [0.25, 0.3) is 0 Å². The van der Waals surface area contributed by atoms with E-state index < -0.39 is 5.54 Å².